The predicted molar refractivity (Wildman–Crippen MR) is 46.8 cm³/mol. The normalized spacial score (nSPS) is 12.3. The SMILES string of the molecule is CC[N-]C(C)=NC(C)(C)C.[Li+]. The fourth-order valence-corrected chi connectivity index (χ4v) is 0.750. The van der Waals surface area contributed by atoms with Gasteiger partial charge in [0.1, 0.15) is 0 Å². The van der Waals surface area contributed by atoms with Crippen LogP contribution >= 0.6 is 0 Å². The van der Waals surface area contributed by atoms with Gasteiger partial charge in [-0.15, -0.1) is 0 Å². The average Bonchev–Trinajstić information content (AvgIpc) is 1.59. The molecule has 0 saturated carbocycles. The van der Waals surface area contributed by atoms with E-state index in [1.165, 1.54) is 0 Å². The molecule has 0 atom stereocenters. The largest absolute Gasteiger partial charge is 1.00 e. The Labute approximate surface area is 82.0 Å². The molecular formula is C8H17LiN2. The molecule has 0 aliphatic rings. The molecule has 0 N–H and O–H groups in total. The fraction of sp³-hybridized carbons (Fsp3) is 0.875. The maximum Gasteiger partial charge on any atom is 1.00 e. The minimum absolute atomic E-state index is 0. The quantitative estimate of drug-likeness (QED) is 0.275. The number of nitrogens with zero attached hydrogens (tertiary/aromatic N) is 2. The van der Waals surface area contributed by atoms with Gasteiger partial charge in [0.15, 0.2) is 0 Å². The minimum atomic E-state index is 0. The summed E-state index contributed by atoms with van der Waals surface area (Å²) in [6, 6.07) is 0. The Kier molecular flexibility index (Phi) is 7.05. The van der Waals surface area contributed by atoms with Crippen LogP contribution < -0.4 is 18.9 Å². The van der Waals surface area contributed by atoms with Crippen molar-refractivity contribution < 1.29 is 18.9 Å². The molecule has 0 spiro atoms. The molecule has 0 aromatic heterocycles. The Morgan fingerprint density at radius 1 is 1.36 bits per heavy atom. The zero-order chi connectivity index (χ0) is 8.20. The van der Waals surface area contributed by atoms with Gasteiger partial charge in [0.2, 0.25) is 0 Å². The first-order chi connectivity index (χ1) is 4.45. The van der Waals surface area contributed by atoms with Crippen molar-refractivity contribution in [2.75, 3.05) is 6.54 Å². The van der Waals surface area contributed by atoms with Gasteiger partial charge < -0.3 is 10.3 Å². The molecular weight excluding hydrogens is 131 g/mol. The maximum absolute atomic E-state index is 4.35. The molecule has 0 aliphatic carbocycles. The third-order valence-corrected chi connectivity index (χ3v) is 0.884. The predicted octanol–water partition coefficient (Wildman–Crippen LogP) is -0.399. The number of amidine groups is 1. The van der Waals surface area contributed by atoms with Gasteiger partial charge in [-0.2, -0.15) is 0 Å². The standard InChI is InChI=1S/C8H17N2.Li/c1-6-9-7(2)10-8(3,4)5;/h6H2,1-5H3;/q-1;+1. The van der Waals surface area contributed by atoms with Crippen molar-refractivity contribution >= 4 is 5.84 Å². The first kappa shape index (κ1) is 13.6. The molecule has 0 aliphatic heterocycles. The van der Waals surface area contributed by atoms with E-state index < -0.39 is 0 Å². The Morgan fingerprint density at radius 3 is 2.09 bits per heavy atom. The summed E-state index contributed by atoms with van der Waals surface area (Å²) in [4.78, 5) is 4.35. The van der Waals surface area contributed by atoms with Crippen molar-refractivity contribution in [2.24, 2.45) is 4.99 Å². The average molecular weight is 148 g/mol. The Morgan fingerprint density at radius 2 is 1.82 bits per heavy atom. The van der Waals surface area contributed by atoms with Gasteiger partial charge in [-0.25, -0.2) is 0 Å². The van der Waals surface area contributed by atoms with E-state index in [0.717, 1.165) is 12.4 Å². The Hall–Kier alpha value is 0.0674. The molecule has 0 heterocycles. The number of hydrogen-bond donors (Lipinski definition) is 0. The summed E-state index contributed by atoms with van der Waals surface area (Å²) in [5, 5.41) is 4.16. The van der Waals surface area contributed by atoms with Crippen molar-refractivity contribution in [3.63, 3.8) is 0 Å². The molecule has 0 aromatic carbocycles. The Bertz CT molecular complexity index is 125. The van der Waals surface area contributed by atoms with Gasteiger partial charge in [0.25, 0.3) is 0 Å². The molecule has 60 valence electrons. The van der Waals surface area contributed by atoms with Crippen LogP contribution in [0, 0.1) is 0 Å². The zero-order valence-corrected chi connectivity index (χ0v) is 8.60. The molecule has 0 amide bonds. The second-order valence-electron chi connectivity index (χ2n) is 3.30. The molecule has 0 radical (unpaired) electrons. The van der Waals surface area contributed by atoms with Gasteiger partial charge in [0, 0.05) is 0 Å². The van der Waals surface area contributed by atoms with E-state index in [0.29, 0.717) is 0 Å². The smallest absolute Gasteiger partial charge is 0.470 e. The molecule has 3 heteroatoms. The van der Waals surface area contributed by atoms with E-state index in [9.17, 15) is 0 Å². The van der Waals surface area contributed by atoms with Crippen LogP contribution in [0.1, 0.15) is 34.6 Å². The number of rotatable bonds is 1. The Balaban J connectivity index is 0. The number of aliphatic imine (C=N–C) groups is 1. The fourth-order valence-electron chi connectivity index (χ4n) is 0.750. The summed E-state index contributed by atoms with van der Waals surface area (Å²) >= 11 is 0. The number of hydrogen-bond acceptors (Lipinski definition) is 1. The van der Waals surface area contributed by atoms with E-state index in [1.54, 1.807) is 0 Å². The maximum atomic E-state index is 4.35. The topological polar surface area (TPSA) is 26.5 Å². The second-order valence-corrected chi connectivity index (χ2v) is 3.30. The first-order valence-electron chi connectivity index (χ1n) is 3.69. The molecule has 0 aromatic rings. The summed E-state index contributed by atoms with van der Waals surface area (Å²) < 4.78 is 0. The molecule has 0 fully saturated rings. The monoisotopic (exact) mass is 148 g/mol. The zero-order valence-electron chi connectivity index (χ0n) is 8.60. The van der Waals surface area contributed by atoms with Gasteiger partial charge >= 0.3 is 18.9 Å². The van der Waals surface area contributed by atoms with Crippen molar-refractivity contribution in [1.82, 2.24) is 0 Å². The van der Waals surface area contributed by atoms with Crippen LogP contribution in [0.2, 0.25) is 0 Å². The van der Waals surface area contributed by atoms with E-state index in [-0.39, 0.29) is 24.4 Å². The van der Waals surface area contributed by atoms with Gasteiger partial charge in [-0.05, 0) is 12.5 Å². The van der Waals surface area contributed by atoms with Crippen LogP contribution in [0.5, 0.6) is 0 Å². The van der Waals surface area contributed by atoms with Crippen LogP contribution in [-0.2, 0) is 0 Å². The van der Waals surface area contributed by atoms with E-state index in [4.69, 9.17) is 0 Å². The first-order valence-corrected chi connectivity index (χ1v) is 3.69. The third kappa shape index (κ3) is 10.1. The summed E-state index contributed by atoms with van der Waals surface area (Å²) in [7, 11) is 0. The minimum Gasteiger partial charge on any atom is -0.470 e. The van der Waals surface area contributed by atoms with Crippen LogP contribution in [0.4, 0.5) is 0 Å². The van der Waals surface area contributed by atoms with E-state index in [2.05, 4.69) is 31.1 Å². The molecule has 0 unspecified atom stereocenters. The van der Waals surface area contributed by atoms with Crippen molar-refractivity contribution in [3.05, 3.63) is 5.32 Å². The van der Waals surface area contributed by atoms with Crippen LogP contribution in [0.25, 0.3) is 5.32 Å². The second kappa shape index (κ2) is 5.68. The van der Waals surface area contributed by atoms with E-state index in [1.807, 2.05) is 13.8 Å². The molecule has 0 saturated heterocycles. The van der Waals surface area contributed by atoms with Gasteiger partial charge in [-0.1, -0.05) is 40.1 Å². The van der Waals surface area contributed by atoms with Crippen LogP contribution in [0.15, 0.2) is 4.99 Å². The summed E-state index contributed by atoms with van der Waals surface area (Å²) in [5.74, 6) is 0.898. The third-order valence-electron chi connectivity index (χ3n) is 0.884. The van der Waals surface area contributed by atoms with Crippen LogP contribution in [0.3, 0.4) is 0 Å². The molecule has 0 rings (SSSR count). The molecule has 11 heavy (non-hydrogen) atoms. The molecule has 2 nitrogen and oxygen atoms in total. The van der Waals surface area contributed by atoms with Gasteiger partial charge in [0.05, 0.1) is 0 Å². The van der Waals surface area contributed by atoms with Crippen molar-refractivity contribution in [2.45, 2.75) is 40.2 Å². The molecule has 0 bridgehead atoms. The summed E-state index contributed by atoms with van der Waals surface area (Å²) in [5.41, 5.74) is 0.0166. The van der Waals surface area contributed by atoms with E-state index >= 15 is 0 Å². The van der Waals surface area contributed by atoms with Crippen LogP contribution in [-0.4, -0.2) is 17.9 Å². The van der Waals surface area contributed by atoms with Gasteiger partial charge in [-0.3, -0.25) is 0 Å². The summed E-state index contributed by atoms with van der Waals surface area (Å²) in [6.45, 7) is 11.0. The van der Waals surface area contributed by atoms with Crippen molar-refractivity contribution in [1.29, 1.82) is 0 Å². The summed E-state index contributed by atoms with van der Waals surface area (Å²) in [6.07, 6.45) is 0. The van der Waals surface area contributed by atoms with Crippen molar-refractivity contribution in [3.8, 4) is 0 Å².